The minimum absolute atomic E-state index is 0.0784. The first-order valence-electron chi connectivity index (χ1n) is 4.74. The van der Waals surface area contributed by atoms with Crippen LogP contribution in [-0.4, -0.2) is 23.3 Å². The molecule has 2 unspecified atom stereocenters. The van der Waals surface area contributed by atoms with Crippen LogP contribution in [0.2, 0.25) is 0 Å². The second-order valence-corrected chi connectivity index (χ2v) is 4.01. The highest BCUT2D eigenvalue weighted by Crippen LogP contribution is 2.14. The molecule has 0 aromatic heterocycles. The molecule has 1 N–H and O–H groups in total. The fraction of sp³-hybridized carbons (Fsp3) is 0.900. The van der Waals surface area contributed by atoms with E-state index >= 15 is 0 Å². The van der Waals surface area contributed by atoms with Crippen molar-refractivity contribution in [1.29, 1.82) is 0 Å². The number of carbonyl (C=O) groups is 1. The zero-order valence-corrected chi connectivity index (χ0v) is 9.07. The highest BCUT2D eigenvalue weighted by molar-refractivity contribution is 5.72. The van der Waals surface area contributed by atoms with E-state index in [9.17, 15) is 9.90 Å². The summed E-state index contributed by atoms with van der Waals surface area (Å²) in [5.74, 6) is -0.687. The smallest absolute Gasteiger partial charge is 0.311 e. The lowest BCUT2D eigenvalue weighted by molar-refractivity contribution is -0.156. The first-order valence-corrected chi connectivity index (χ1v) is 4.74. The molecule has 0 aromatic rings. The first kappa shape index (κ1) is 12.4. The number of hydrogen-bond donors (Lipinski definition) is 1. The number of ether oxygens (including phenoxy) is 1. The zero-order valence-electron chi connectivity index (χ0n) is 9.07. The molecule has 0 bridgehead atoms. The van der Waals surface area contributed by atoms with Gasteiger partial charge < -0.3 is 9.84 Å². The van der Waals surface area contributed by atoms with Crippen molar-refractivity contribution < 1.29 is 14.6 Å². The average Bonchev–Trinajstić information content (AvgIpc) is 2.00. The highest BCUT2D eigenvalue weighted by atomic mass is 16.5. The predicted molar refractivity (Wildman–Crippen MR) is 51.2 cm³/mol. The van der Waals surface area contributed by atoms with Crippen molar-refractivity contribution in [2.24, 2.45) is 11.8 Å². The van der Waals surface area contributed by atoms with Crippen LogP contribution in [0.3, 0.4) is 0 Å². The van der Waals surface area contributed by atoms with E-state index in [4.69, 9.17) is 4.74 Å². The topological polar surface area (TPSA) is 46.5 Å². The van der Waals surface area contributed by atoms with Crippen molar-refractivity contribution in [3.8, 4) is 0 Å². The molecular weight excluding hydrogens is 168 g/mol. The lowest BCUT2D eigenvalue weighted by Gasteiger charge is -2.21. The molecule has 0 aliphatic heterocycles. The van der Waals surface area contributed by atoms with Gasteiger partial charge in [-0.25, -0.2) is 0 Å². The Kier molecular flexibility index (Phi) is 4.99. The van der Waals surface area contributed by atoms with Crippen molar-refractivity contribution in [1.82, 2.24) is 0 Å². The van der Waals surface area contributed by atoms with Crippen molar-refractivity contribution in [3.05, 3.63) is 0 Å². The third kappa shape index (κ3) is 4.27. The lowest BCUT2D eigenvalue weighted by atomic mass is 9.95. The maximum absolute atomic E-state index is 11.3. The molecule has 78 valence electrons. The van der Waals surface area contributed by atoms with Gasteiger partial charge in [0, 0.05) is 0 Å². The molecule has 0 saturated carbocycles. The van der Waals surface area contributed by atoms with Gasteiger partial charge in [0.15, 0.2) is 0 Å². The van der Waals surface area contributed by atoms with Crippen LogP contribution in [0.25, 0.3) is 0 Å². The van der Waals surface area contributed by atoms with Gasteiger partial charge in [-0.1, -0.05) is 13.8 Å². The third-order valence-electron chi connectivity index (χ3n) is 1.92. The van der Waals surface area contributed by atoms with Crippen LogP contribution in [0, 0.1) is 11.8 Å². The van der Waals surface area contributed by atoms with Gasteiger partial charge in [0.05, 0.1) is 18.1 Å². The van der Waals surface area contributed by atoms with E-state index in [1.54, 1.807) is 20.8 Å². The molecule has 0 fully saturated rings. The van der Waals surface area contributed by atoms with E-state index in [0.717, 1.165) is 0 Å². The normalized spacial score (nSPS) is 16.0. The van der Waals surface area contributed by atoms with E-state index in [2.05, 4.69) is 0 Å². The summed E-state index contributed by atoms with van der Waals surface area (Å²) in [6.07, 6.45) is -0.736. The van der Waals surface area contributed by atoms with E-state index in [-0.39, 0.29) is 18.0 Å². The van der Waals surface area contributed by atoms with Gasteiger partial charge in [-0.2, -0.15) is 0 Å². The van der Waals surface area contributed by atoms with Crippen LogP contribution in [-0.2, 0) is 9.53 Å². The van der Waals surface area contributed by atoms with Gasteiger partial charge in [0.1, 0.15) is 0 Å². The largest absolute Gasteiger partial charge is 0.463 e. The summed E-state index contributed by atoms with van der Waals surface area (Å²) >= 11 is 0. The SMILES string of the molecule is CC(C)OC(=O)C(C)C(O)C(C)C. The van der Waals surface area contributed by atoms with Gasteiger partial charge >= 0.3 is 5.97 Å². The van der Waals surface area contributed by atoms with E-state index in [1.165, 1.54) is 0 Å². The number of hydrogen-bond acceptors (Lipinski definition) is 3. The molecule has 0 aliphatic rings. The van der Waals surface area contributed by atoms with Crippen molar-refractivity contribution in [2.75, 3.05) is 0 Å². The minimum Gasteiger partial charge on any atom is -0.463 e. The van der Waals surface area contributed by atoms with Crippen LogP contribution < -0.4 is 0 Å². The number of aliphatic hydroxyl groups is 1. The van der Waals surface area contributed by atoms with E-state index < -0.39 is 12.0 Å². The second kappa shape index (κ2) is 5.22. The summed E-state index contributed by atoms with van der Waals surface area (Å²) in [6.45, 7) is 9.04. The molecule has 0 saturated heterocycles. The molecule has 0 aliphatic carbocycles. The molecule has 3 nitrogen and oxygen atoms in total. The third-order valence-corrected chi connectivity index (χ3v) is 1.92. The standard InChI is InChI=1S/C10H20O3/c1-6(2)9(11)8(5)10(12)13-7(3)4/h6-9,11H,1-5H3. The fourth-order valence-electron chi connectivity index (χ4n) is 1.06. The lowest BCUT2D eigenvalue weighted by Crippen LogP contribution is -2.32. The Morgan fingerprint density at radius 2 is 1.62 bits per heavy atom. The average molecular weight is 188 g/mol. The van der Waals surface area contributed by atoms with Gasteiger partial charge in [-0.05, 0) is 26.7 Å². The number of aliphatic hydroxyl groups excluding tert-OH is 1. The van der Waals surface area contributed by atoms with Gasteiger partial charge in [-0.3, -0.25) is 4.79 Å². The van der Waals surface area contributed by atoms with Crippen LogP contribution >= 0.6 is 0 Å². The van der Waals surface area contributed by atoms with Crippen molar-refractivity contribution >= 4 is 5.97 Å². The van der Waals surface area contributed by atoms with E-state index in [0.29, 0.717) is 0 Å². The second-order valence-electron chi connectivity index (χ2n) is 4.01. The van der Waals surface area contributed by atoms with Crippen LogP contribution in [0.1, 0.15) is 34.6 Å². The maximum atomic E-state index is 11.3. The van der Waals surface area contributed by atoms with Crippen LogP contribution in [0.5, 0.6) is 0 Å². The number of carbonyl (C=O) groups excluding carboxylic acids is 1. The minimum atomic E-state index is -0.619. The van der Waals surface area contributed by atoms with Crippen molar-refractivity contribution in [2.45, 2.75) is 46.8 Å². The Morgan fingerprint density at radius 3 is 1.92 bits per heavy atom. The van der Waals surface area contributed by atoms with Crippen molar-refractivity contribution in [3.63, 3.8) is 0 Å². The predicted octanol–water partition coefficient (Wildman–Crippen LogP) is 1.59. The van der Waals surface area contributed by atoms with Crippen LogP contribution in [0.15, 0.2) is 0 Å². The molecule has 13 heavy (non-hydrogen) atoms. The summed E-state index contributed by atoms with van der Waals surface area (Å²) in [5, 5.41) is 9.58. The monoisotopic (exact) mass is 188 g/mol. The molecule has 0 aromatic carbocycles. The highest BCUT2D eigenvalue weighted by Gasteiger charge is 2.26. The zero-order chi connectivity index (χ0) is 10.6. The van der Waals surface area contributed by atoms with Crippen LogP contribution in [0.4, 0.5) is 0 Å². The Bertz CT molecular complexity index is 164. The van der Waals surface area contributed by atoms with Gasteiger partial charge in [0.2, 0.25) is 0 Å². The maximum Gasteiger partial charge on any atom is 0.311 e. The summed E-state index contributed by atoms with van der Waals surface area (Å²) in [5.41, 5.74) is 0. The molecule has 2 atom stereocenters. The van der Waals surface area contributed by atoms with E-state index in [1.807, 2.05) is 13.8 Å². The number of rotatable bonds is 4. The summed E-state index contributed by atoms with van der Waals surface area (Å²) in [4.78, 5) is 11.3. The number of esters is 1. The fourth-order valence-corrected chi connectivity index (χ4v) is 1.06. The molecule has 0 spiro atoms. The molecule has 0 radical (unpaired) electrons. The molecular formula is C10H20O3. The Hall–Kier alpha value is -0.570. The molecule has 0 amide bonds. The summed E-state index contributed by atoms with van der Waals surface area (Å²) in [7, 11) is 0. The molecule has 0 rings (SSSR count). The van der Waals surface area contributed by atoms with Gasteiger partial charge in [-0.15, -0.1) is 0 Å². The first-order chi connectivity index (χ1) is 5.86. The quantitative estimate of drug-likeness (QED) is 0.681. The summed E-state index contributed by atoms with van der Waals surface area (Å²) in [6, 6.07) is 0. The Labute approximate surface area is 80.1 Å². The Morgan fingerprint density at radius 1 is 1.15 bits per heavy atom. The molecule has 0 heterocycles. The Balaban J connectivity index is 4.09. The summed E-state index contributed by atoms with van der Waals surface area (Å²) < 4.78 is 4.98. The molecule has 3 heteroatoms. The van der Waals surface area contributed by atoms with Gasteiger partial charge in [0.25, 0.3) is 0 Å².